The van der Waals surface area contributed by atoms with Crippen molar-refractivity contribution < 1.29 is 14.3 Å². The fraction of sp³-hybridized carbons (Fsp3) is 0.923. The van der Waals surface area contributed by atoms with Gasteiger partial charge in [0.15, 0.2) is 0 Å². The first-order valence-electron chi connectivity index (χ1n) is 6.65. The van der Waals surface area contributed by atoms with E-state index in [-0.39, 0.29) is 18.1 Å². The Morgan fingerprint density at radius 1 is 1.29 bits per heavy atom. The molecule has 1 fully saturated rings. The minimum atomic E-state index is -0.281. The van der Waals surface area contributed by atoms with Crippen LogP contribution in [0.15, 0.2) is 0 Å². The maximum absolute atomic E-state index is 11.0. The monoisotopic (exact) mass is 243 g/mol. The van der Waals surface area contributed by atoms with Crippen LogP contribution in [0.1, 0.15) is 46.0 Å². The van der Waals surface area contributed by atoms with Gasteiger partial charge < -0.3 is 14.8 Å². The normalized spacial score (nSPS) is 18.9. The highest BCUT2D eigenvalue weighted by Crippen LogP contribution is 2.27. The molecule has 0 spiro atoms. The van der Waals surface area contributed by atoms with Gasteiger partial charge in [0.2, 0.25) is 0 Å². The van der Waals surface area contributed by atoms with Crippen molar-refractivity contribution in [1.82, 2.24) is 5.32 Å². The van der Waals surface area contributed by atoms with E-state index < -0.39 is 0 Å². The first kappa shape index (κ1) is 14.5. The first-order chi connectivity index (χ1) is 8.16. The van der Waals surface area contributed by atoms with Crippen LogP contribution in [0.2, 0.25) is 0 Å². The third-order valence-electron chi connectivity index (χ3n) is 3.28. The molecule has 1 saturated carbocycles. The predicted molar refractivity (Wildman–Crippen MR) is 66.9 cm³/mol. The summed E-state index contributed by atoms with van der Waals surface area (Å²) in [6.45, 7) is 5.91. The smallest absolute Gasteiger partial charge is 0.332 e. The summed E-state index contributed by atoms with van der Waals surface area (Å²) >= 11 is 0. The maximum atomic E-state index is 11.0. The van der Waals surface area contributed by atoms with Crippen LogP contribution in [0.3, 0.4) is 0 Å². The molecule has 0 saturated heterocycles. The van der Waals surface area contributed by atoms with Crippen molar-refractivity contribution in [2.45, 2.75) is 51.5 Å². The van der Waals surface area contributed by atoms with Crippen LogP contribution in [0, 0.1) is 0 Å². The second-order valence-corrected chi connectivity index (χ2v) is 4.91. The molecule has 1 N–H and O–H groups in total. The lowest BCUT2D eigenvalue weighted by Gasteiger charge is -2.34. The minimum absolute atomic E-state index is 0.0617. The third-order valence-corrected chi connectivity index (χ3v) is 3.28. The summed E-state index contributed by atoms with van der Waals surface area (Å²) in [6.07, 6.45) is 6.47. The summed E-state index contributed by atoms with van der Waals surface area (Å²) in [4.78, 5) is 11.0. The quantitative estimate of drug-likeness (QED) is 0.548. The van der Waals surface area contributed by atoms with Crippen LogP contribution in [0.5, 0.6) is 0 Å². The molecule has 0 aliphatic heterocycles. The van der Waals surface area contributed by atoms with Crippen LogP contribution in [-0.2, 0) is 14.3 Å². The molecular formula is C13H25NO3. The molecule has 0 radical (unpaired) electrons. The molecule has 100 valence electrons. The summed E-state index contributed by atoms with van der Waals surface area (Å²) in [6, 6.07) is 0. The number of nitrogens with one attached hydrogen (secondary N) is 1. The molecule has 4 nitrogen and oxygen atoms in total. The standard InChI is InChI=1S/C13H25NO3/c1-3-17-12(15)11-16-10-9-14-13(2)7-5-4-6-8-13/h14H,3-11H2,1-2H3. The number of hydrogen-bond donors (Lipinski definition) is 1. The van der Waals surface area contributed by atoms with Crippen LogP contribution < -0.4 is 5.32 Å². The SMILES string of the molecule is CCOC(=O)COCCNC1(C)CCCCC1. The van der Waals surface area contributed by atoms with Gasteiger partial charge in [-0.05, 0) is 26.7 Å². The molecule has 0 heterocycles. The van der Waals surface area contributed by atoms with Crippen LogP contribution in [0.4, 0.5) is 0 Å². The number of carbonyl (C=O) groups excluding carboxylic acids is 1. The number of rotatable bonds is 7. The van der Waals surface area contributed by atoms with Gasteiger partial charge in [-0.15, -0.1) is 0 Å². The summed E-state index contributed by atoms with van der Waals surface area (Å²) in [5.41, 5.74) is 0.269. The van der Waals surface area contributed by atoms with Gasteiger partial charge >= 0.3 is 5.97 Å². The van der Waals surface area contributed by atoms with Gasteiger partial charge in [-0.3, -0.25) is 0 Å². The van der Waals surface area contributed by atoms with Gasteiger partial charge in [-0.2, -0.15) is 0 Å². The molecular weight excluding hydrogens is 218 g/mol. The lowest BCUT2D eigenvalue weighted by atomic mass is 9.83. The molecule has 0 unspecified atom stereocenters. The molecule has 0 aromatic carbocycles. The van der Waals surface area contributed by atoms with Crippen molar-refractivity contribution in [2.75, 3.05) is 26.4 Å². The Balaban J connectivity index is 2.01. The van der Waals surface area contributed by atoms with Crippen LogP contribution in [-0.4, -0.2) is 37.9 Å². The Morgan fingerprint density at radius 2 is 2.00 bits per heavy atom. The van der Waals surface area contributed by atoms with E-state index in [4.69, 9.17) is 9.47 Å². The zero-order valence-electron chi connectivity index (χ0n) is 11.1. The van der Waals surface area contributed by atoms with Crippen molar-refractivity contribution in [1.29, 1.82) is 0 Å². The molecule has 0 aromatic rings. The third kappa shape index (κ3) is 6.03. The largest absolute Gasteiger partial charge is 0.464 e. The Labute approximate surface area is 104 Å². The second kappa shape index (κ2) is 7.67. The second-order valence-electron chi connectivity index (χ2n) is 4.91. The molecule has 17 heavy (non-hydrogen) atoms. The Hall–Kier alpha value is -0.610. The highest BCUT2D eigenvalue weighted by Gasteiger charge is 2.25. The van der Waals surface area contributed by atoms with Gasteiger partial charge in [-0.1, -0.05) is 19.3 Å². The van der Waals surface area contributed by atoms with Gasteiger partial charge in [0, 0.05) is 12.1 Å². The average Bonchev–Trinajstić information content (AvgIpc) is 2.30. The topological polar surface area (TPSA) is 47.6 Å². The lowest BCUT2D eigenvalue weighted by Crippen LogP contribution is -2.45. The Morgan fingerprint density at radius 3 is 2.65 bits per heavy atom. The van der Waals surface area contributed by atoms with E-state index in [0.717, 1.165) is 6.54 Å². The summed E-state index contributed by atoms with van der Waals surface area (Å²) in [5, 5.41) is 3.53. The summed E-state index contributed by atoms with van der Waals surface area (Å²) < 4.78 is 10.0. The van der Waals surface area contributed by atoms with Crippen molar-refractivity contribution in [3.63, 3.8) is 0 Å². The van der Waals surface area contributed by atoms with E-state index in [0.29, 0.717) is 13.2 Å². The van der Waals surface area contributed by atoms with Gasteiger partial charge in [-0.25, -0.2) is 4.79 Å². The molecule has 0 aromatic heterocycles. The van der Waals surface area contributed by atoms with E-state index in [9.17, 15) is 4.79 Å². The number of esters is 1. The van der Waals surface area contributed by atoms with E-state index >= 15 is 0 Å². The predicted octanol–water partition coefficient (Wildman–Crippen LogP) is 1.88. The van der Waals surface area contributed by atoms with E-state index in [1.54, 1.807) is 6.92 Å². The van der Waals surface area contributed by atoms with E-state index in [1.165, 1.54) is 32.1 Å². The summed E-state index contributed by atoms with van der Waals surface area (Å²) in [7, 11) is 0. The van der Waals surface area contributed by atoms with Gasteiger partial charge in [0.1, 0.15) is 6.61 Å². The number of hydrogen-bond acceptors (Lipinski definition) is 4. The summed E-state index contributed by atoms with van der Waals surface area (Å²) in [5.74, 6) is -0.281. The van der Waals surface area contributed by atoms with Gasteiger partial charge in [0.05, 0.1) is 13.2 Å². The molecule has 4 heteroatoms. The highest BCUT2D eigenvalue weighted by atomic mass is 16.6. The zero-order valence-corrected chi connectivity index (χ0v) is 11.1. The average molecular weight is 243 g/mol. The fourth-order valence-corrected chi connectivity index (χ4v) is 2.29. The van der Waals surface area contributed by atoms with Crippen molar-refractivity contribution >= 4 is 5.97 Å². The van der Waals surface area contributed by atoms with Crippen LogP contribution in [0.25, 0.3) is 0 Å². The first-order valence-corrected chi connectivity index (χ1v) is 6.65. The molecule has 1 aliphatic carbocycles. The van der Waals surface area contributed by atoms with E-state index in [1.807, 2.05) is 0 Å². The van der Waals surface area contributed by atoms with Crippen molar-refractivity contribution in [3.8, 4) is 0 Å². The number of ether oxygens (including phenoxy) is 2. The molecule has 0 amide bonds. The molecule has 0 bridgehead atoms. The molecule has 0 atom stereocenters. The van der Waals surface area contributed by atoms with E-state index in [2.05, 4.69) is 12.2 Å². The minimum Gasteiger partial charge on any atom is -0.464 e. The molecule has 1 aliphatic rings. The van der Waals surface area contributed by atoms with Gasteiger partial charge in [0.25, 0.3) is 0 Å². The zero-order chi connectivity index (χ0) is 12.6. The Bertz CT molecular complexity index is 225. The van der Waals surface area contributed by atoms with Crippen LogP contribution >= 0.6 is 0 Å². The number of carbonyl (C=O) groups is 1. The van der Waals surface area contributed by atoms with Crippen molar-refractivity contribution in [2.24, 2.45) is 0 Å². The maximum Gasteiger partial charge on any atom is 0.332 e. The van der Waals surface area contributed by atoms with Crippen molar-refractivity contribution in [3.05, 3.63) is 0 Å². The lowest BCUT2D eigenvalue weighted by molar-refractivity contribution is -0.148. The fourth-order valence-electron chi connectivity index (χ4n) is 2.29. The molecule has 1 rings (SSSR count). The highest BCUT2D eigenvalue weighted by molar-refractivity contribution is 5.70. The Kier molecular flexibility index (Phi) is 6.52.